The van der Waals surface area contributed by atoms with E-state index < -0.39 is 0 Å². The van der Waals surface area contributed by atoms with Gasteiger partial charge in [0.1, 0.15) is 9.32 Å². The Morgan fingerprint density at radius 1 is 0.929 bits per heavy atom. The maximum atomic E-state index is 13.0. The molecule has 3 heterocycles. The number of benzene rings is 1. The summed E-state index contributed by atoms with van der Waals surface area (Å²) in [5.74, 6) is 0. The van der Waals surface area contributed by atoms with Crippen molar-refractivity contribution in [2.75, 3.05) is 0 Å². The van der Waals surface area contributed by atoms with Crippen molar-refractivity contribution in [3.8, 4) is 11.4 Å². The molecular weight excluding hydrogens is 484 g/mol. The summed E-state index contributed by atoms with van der Waals surface area (Å²) in [5, 5.41) is 1.05. The Bertz CT molecular complexity index is 1260. The van der Waals surface area contributed by atoms with E-state index in [4.69, 9.17) is 4.42 Å². The van der Waals surface area contributed by atoms with Gasteiger partial charge in [0.2, 0.25) is 11.1 Å². The summed E-state index contributed by atoms with van der Waals surface area (Å²) < 4.78 is 5.93. The number of nitrogens with zero attached hydrogens (tertiary/aromatic N) is 2. The molecule has 0 atom stereocenters. The molecule has 6 heteroatoms. The van der Waals surface area contributed by atoms with Crippen molar-refractivity contribution in [2.24, 2.45) is 0 Å². The SMILES string of the molecule is CC(C)(C)c1ccc2oc3nc(-c4cccc(C(Br)Br)n4)ccc3c(=O)c2c1. The van der Waals surface area contributed by atoms with Gasteiger partial charge in [-0.25, -0.2) is 9.97 Å². The summed E-state index contributed by atoms with van der Waals surface area (Å²) in [6.07, 6.45) is 0. The average Bonchev–Trinajstić information content (AvgIpc) is 2.67. The fourth-order valence-electron chi connectivity index (χ4n) is 3.06. The van der Waals surface area contributed by atoms with Crippen LogP contribution in [0.15, 0.2) is 57.7 Å². The Kier molecular flexibility index (Phi) is 4.88. The van der Waals surface area contributed by atoms with E-state index in [1.165, 1.54) is 0 Å². The molecule has 4 rings (SSSR count). The van der Waals surface area contributed by atoms with Gasteiger partial charge >= 0.3 is 0 Å². The molecular formula is C22H18Br2N2O2. The summed E-state index contributed by atoms with van der Waals surface area (Å²) in [5.41, 5.74) is 4.06. The summed E-state index contributed by atoms with van der Waals surface area (Å²) in [7, 11) is 0. The van der Waals surface area contributed by atoms with Gasteiger partial charge in [0.15, 0.2) is 0 Å². The smallest absolute Gasteiger partial charge is 0.231 e. The highest BCUT2D eigenvalue weighted by molar-refractivity contribution is 9.24. The molecule has 4 nitrogen and oxygen atoms in total. The standard InChI is InChI=1S/C22H18Br2N2O2/c1-22(2,3)12-7-10-18-14(11-12)19(27)13-8-9-16(26-21(13)28-18)15-5-4-6-17(25-15)20(23)24/h4-11,20H,1-3H3. The highest BCUT2D eigenvalue weighted by atomic mass is 79.9. The molecule has 0 radical (unpaired) electrons. The van der Waals surface area contributed by atoms with Crippen molar-refractivity contribution < 1.29 is 4.42 Å². The Balaban J connectivity index is 1.90. The van der Waals surface area contributed by atoms with Crippen molar-refractivity contribution in [1.29, 1.82) is 0 Å². The third kappa shape index (κ3) is 3.51. The Labute approximate surface area is 179 Å². The minimum atomic E-state index is -0.0657. The first-order valence-corrected chi connectivity index (χ1v) is 10.7. The van der Waals surface area contributed by atoms with Crippen LogP contribution in [0.4, 0.5) is 0 Å². The molecule has 0 unspecified atom stereocenters. The van der Waals surface area contributed by atoms with Crippen molar-refractivity contribution >= 4 is 53.9 Å². The third-order valence-corrected chi connectivity index (χ3v) is 5.60. The van der Waals surface area contributed by atoms with Crippen molar-refractivity contribution in [2.45, 2.75) is 29.9 Å². The molecule has 142 valence electrons. The highest BCUT2D eigenvalue weighted by Crippen LogP contribution is 2.30. The van der Waals surface area contributed by atoms with Crippen LogP contribution in [-0.2, 0) is 5.41 Å². The lowest BCUT2D eigenvalue weighted by atomic mass is 9.86. The zero-order chi connectivity index (χ0) is 20.1. The van der Waals surface area contributed by atoms with Crippen LogP contribution in [0.25, 0.3) is 33.5 Å². The first-order chi connectivity index (χ1) is 13.2. The normalized spacial score (nSPS) is 12.2. The number of hydrogen-bond acceptors (Lipinski definition) is 4. The maximum absolute atomic E-state index is 13.0. The summed E-state index contributed by atoms with van der Waals surface area (Å²) in [4.78, 5) is 22.2. The van der Waals surface area contributed by atoms with Gasteiger partial charge in [-0.1, -0.05) is 64.8 Å². The molecule has 1 aromatic carbocycles. The number of hydrogen-bond donors (Lipinski definition) is 0. The molecule has 0 fully saturated rings. The summed E-state index contributed by atoms with van der Waals surface area (Å²) in [6, 6.07) is 15.1. The van der Waals surface area contributed by atoms with Gasteiger partial charge in [-0.05, 0) is 47.4 Å². The van der Waals surface area contributed by atoms with Gasteiger partial charge in [-0.15, -0.1) is 0 Å². The van der Waals surface area contributed by atoms with E-state index in [1.807, 2.05) is 42.5 Å². The van der Waals surface area contributed by atoms with Crippen molar-refractivity contribution in [3.05, 3.63) is 70.0 Å². The maximum Gasteiger partial charge on any atom is 0.231 e. The molecule has 0 saturated carbocycles. The van der Waals surface area contributed by atoms with Gasteiger partial charge in [-0.2, -0.15) is 0 Å². The summed E-state index contributed by atoms with van der Waals surface area (Å²) >= 11 is 6.92. The van der Waals surface area contributed by atoms with Gasteiger partial charge in [0.25, 0.3) is 0 Å². The zero-order valence-corrected chi connectivity index (χ0v) is 18.8. The molecule has 0 spiro atoms. The summed E-state index contributed by atoms with van der Waals surface area (Å²) in [6.45, 7) is 6.36. The van der Waals surface area contributed by atoms with Crippen LogP contribution in [0.2, 0.25) is 0 Å². The predicted octanol–water partition coefficient (Wildman–Crippen LogP) is 6.49. The molecule has 28 heavy (non-hydrogen) atoms. The molecule has 0 N–H and O–H groups in total. The molecule has 0 aliphatic carbocycles. The van der Waals surface area contributed by atoms with Crippen LogP contribution in [0.5, 0.6) is 0 Å². The fourth-order valence-corrected chi connectivity index (χ4v) is 3.57. The van der Waals surface area contributed by atoms with Crippen LogP contribution >= 0.6 is 31.9 Å². The second-order valence-electron chi connectivity index (χ2n) is 7.69. The molecule has 0 amide bonds. The third-order valence-electron chi connectivity index (χ3n) is 4.66. The second-order valence-corrected chi connectivity index (χ2v) is 10.7. The van der Waals surface area contributed by atoms with Gasteiger partial charge in [0, 0.05) is 0 Å². The lowest BCUT2D eigenvalue weighted by molar-refractivity contribution is 0.589. The van der Waals surface area contributed by atoms with E-state index in [-0.39, 0.29) is 14.6 Å². The van der Waals surface area contributed by atoms with Crippen molar-refractivity contribution in [3.63, 3.8) is 0 Å². The fraction of sp³-hybridized carbons (Fsp3) is 0.227. The minimum Gasteiger partial charge on any atom is -0.437 e. The largest absolute Gasteiger partial charge is 0.437 e. The molecule has 4 aromatic rings. The number of rotatable bonds is 2. The van der Waals surface area contributed by atoms with E-state index in [0.717, 1.165) is 11.3 Å². The Morgan fingerprint density at radius 2 is 1.68 bits per heavy atom. The molecule has 0 aliphatic heterocycles. The predicted molar refractivity (Wildman–Crippen MR) is 120 cm³/mol. The van der Waals surface area contributed by atoms with Crippen LogP contribution in [0, 0.1) is 0 Å². The van der Waals surface area contributed by atoms with Crippen LogP contribution in [0.3, 0.4) is 0 Å². The highest BCUT2D eigenvalue weighted by Gasteiger charge is 2.17. The van der Waals surface area contributed by atoms with E-state index in [0.29, 0.717) is 33.5 Å². The molecule has 3 aromatic heterocycles. The first kappa shape index (κ1) is 19.3. The van der Waals surface area contributed by atoms with Crippen LogP contribution < -0.4 is 5.43 Å². The number of aromatic nitrogens is 2. The van der Waals surface area contributed by atoms with E-state index in [9.17, 15) is 4.79 Å². The lowest BCUT2D eigenvalue weighted by Crippen LogP contribution is -2.12. The second kappa shape index (κ2) is 7.08. The molecule has 0 bridgehead atoms. The topological polar surface area (TPSA) is 56.0 Å². The average molecular weight is 502 g/mol. The van der Waals surface area contributed by atoms with E-state index in [1.54, 1.807) is 6.07 Å². The zero-order valence-electron chi connectivity index (χ0n) is 15.7. The molecule has 0 aliphatic rings. The quantitative estimate of drug-likeness (QED) is 0.232. The number of halogens is 2. The van der Waals surface area contributed by atoms with Crippen LogP contribution in [0.1, 0.15) is 35.8 Å². The number of fused-ring (bicyclic) bond motifs is 2. The minimum absolute atomic E-state index is 0.0423. The number of alkyl halides is 2. The van der Waals surface area contributed by atoms with Gasteiger partial charge in [0.05, 0.1) is 27.9 Å². The Hall–Kier alpha value is -2.05. The van der Waals surface area contributed by atoms with Crippen molar-refractivity contribution in [1.82, 2.24) is 9.97 Å². The van der Waals surface area contributed by atoms with Gasteiger partial charge in [-0.3, -0.25) is 4.79 Å². The molecule has 0 saturated heterocycles. The van der Waals surface area contributed by atoms with Gasteiger partial charge < -0.3 is 4.42 Å². The van der Waals surface area contributed by atoms with Crippen LogP contribution in [-0.4, -0.2) is 9.97 Å². The monoisotopic (exact) mass is 500 g/mol. The lowest BCUT2D eigenvalue weighted by Gasteiger charge is -2.19. The first-order valence-electron chi connectivity index (χ1n) is 8.87. The van der Waals surface area contributed by atoms with E-state index in [2.05, 4.69) is 62.6 Å². The number of pyridine rings is 2. The Morgan fingerprint density at radius 3 is 2.39 bits per heavy atom. The van der Waals surface area contributed by atoms with E-state index >= 15 is 0 Å².